The third kappa shape index (κ3) is 14.7. The van der Waals surface area contributed by atoms with Crippen molar-refractivity contribution in [3.63, 3.8) is 0 Å². The molecule has 4 nitrogen and oxygen atoms in total. The Hall–Kier alpha value is -1.84. The second-order valence-electron chi connectivity index (χ2n) is 10.5. The highest BCUT2D eigenvalue weighted by Crippen LogP contribution is 2.20. The molecule has 0 N–H and O–H groups in total. The summed E-state index contributed by atoms with van der Waals surface area (Å²) in [7, 11) is 0. The van der Waals surface area contributed by atoms with E-state index in [2.05, 4.69) is 27.7 Å². The van der Waals surface area contributed by atoms with E-state index in [4.69, 9.17) is 9.47 Å². The highest BCUT2D eigenvalue weighted by molar-refractivity contribution is 5.93. The Kier molecular flexibility index (Phi) is 19.0. The molecule has 1 aromatic carbocycles. The molecule has 0 heterocycles. The topological polar surface area (TPSA) is 52.6 Å². The van der Waals surface area contributed by atoms with Gasteiger partial charge in [-0.25, -0.2) is 9.59 Å². The summed E-state index contributed by atoms with van der Waals surface area (Å²) >= 11 is 0. The van der Waals surface area contributed by atoms with Crippen molar-refractivity contribution in [1.29, 1.82) is 0 Å². The van der Waals surface area contributed by atoms with Crippen molar-refractivity contribution >= 4 is 11.9 Å². The Bertz CT molecular complexity index is 623. The zero-order valence-electron chi connectivity index (χ0n) is 23.8. The van der Waals surface area contributed by atoms with E-state index in [-0.39, 0.29) is 11.9 Å². The number of benzene rings is 1. The number of carbonyl (C=O) groups is 2. The molecule has 206 valence electrons. The quantitative estimate of drug-likeness (QED) is 0.117. The first-order valence-corrected chi connectivity index (χ1v) is 15.0. The summed E-state index contributed by atoms with van der Waals surface area (Å²) in [5.41, 5.74) is 0.979. The smallest absolute Gasteiger partial charge is 0.338 e. The molecule has 36 heavy (non-hydrogen) atoms. The lowest BCUT2D eigenvalue weighted by Crippen LogP contribution is -2.16. The van der Waals surface area contributed by atoms with Crippen LogP contribution in [0.2, 0.25) is 0 Å². The van der Waals surface area contributed by atoms with Crippen LogP contribution in [-0.2, 0) is 9.47 Å². The minimum atomic E-state index is -0.309. The Labute approximate surface area is 221 Å². The Morgan fingerprint density at radius 3 is 1.19 bits per heavy atom. The van der Waals surface area contributed by atoms with Gasteiger partial charge in [0.2, 0.25) is 0 Å². The molecule has 1 rings (SSSR count). The largest absolute Gasteiger partial charge is 0.462 e. The number of esters is 2. The normalized spacial score (nSPS) is 12.8. The molecule has 0 aliphatic carbocycles. The van der Waals surface area contributed by atoms with Crippen LogP contribution >= 0.6 is 0 Å². The maximum atomic E-state index is 12.6. The van der Waals surface area contributed by atoms with Gasteiger partial charge in [-0.15, -0.1) is 0 Å². The average molecular weight is 503 g/mol. The van der Waals surface area contributed by atoms with Gasteiger partial charge >= 0.3 is 11.9 Å². The van der Waals surface area contributed by atoms with Crippen molar-refractivity contribution in [1.82, 2.24) is 0 Å². The van der Waals surface area contributed by atoms with Crippen LogP contribution in [0.3, 0.4) is 0 Å². The summed E-state index contributed by atoms with van der Waals surface area (Å²) < 4.78 is 11.3. The molecule has 0 aliphatic rings. The Morgan fingerprint density at radius 1 is 0.528 bits per heavy atom. The number of hydrogen-bond acceptors (Lipinski definition) is 4. The van der Waals surface area contributed by atoms with Crippen LogP contribution in [0.4, 0.5) is 0 Å². The minimum Gasteiger partial charge on any atom is -0.462 e. The fraction of sp³-hybridized carbons (Fsp3) is 0.750. The van der Waals surface area contributed by atoms with Gasteiger partial charge in [-0.1, -0.05) is 105 Å². The van der Waals surface area contributed by atoms with Gasteiger partial charge in [-0.3, -0.25) is 0 Å². The third-order valence-electron chi connectivity index (χ3n) is 7.12. The van der Waals surface area contributed by atoms with E-state index in [1.807, 2.05) is 0 Å². The van der Waals surface area contributed by atoms with Crippen molar-refractivity contribution < 1.29 is 19.1 Å². The van der Waals surface area contributed by atoms with Gasteiger partial charge in [0.25, 0.3) is 0 Å². The van der Waals surface area contributed by atoms with Gasteiger partial charge in [0, 0.05) is 0 Å². The summed E-state index contributed by atoms with van der Waals surface area (Å²) in [5, 5.41) is 0. The Morgan fingerprint density at radius 2 is 0.861 bits per heavy atom. The standard InChI is InChI=1S/C32H54O4/c1-5-9-13-15-19-27(17-11-7-3)25-35-31(33)29-21-23-30(24-22-29)32(34)36-26-28(18-12-8-4)20-16-14-10-6-2/h21-24,27-28H,5-20,25-26H2,1-4H3. The van der Waals surface area contributed by atoms with E-state index in [1.54, 1.807) is 24.3 Å². The fourth-order valence-electron chi connectivity index (χ4n) is 4.62. The second-order valence-corrected chi connectivity index (χ2v) is 10.5. The molecule has 0 fully saturated rings. The van der Waals surface area contributed by atoms with Crippen LogP contribution in [0.25, 0.3) is 0 Å². The zero-order chi connectivity index (χ0) is 26.4. The fourth-order valence-corrected chi connectivity index (χ4v) is 4.62. The first-order valence-electron chi connectivity index (χ1n) is 15.0. The van der Waals surface area contributed by atoms with E-state index in [1.165, 1.54) is 64.2 Å². The number of rotatable bonds is 22. The maximum absolute atomic E-state index is 12.6. The SMILES string of the molecule is CCCCCCC(CCCC)COC(=O)c1ccc(C(=O)OCC(CCCC)CCCCCC)cc1. The third-order valence-corrected chi connectivity index (χ3v) is 7.12. The van der Waals surface area contributed by atoms with E-state index in [0.29, 0.717) is 36.2 Å². The molecule has 0 amide bonds. The molecular weight excluding hydrogens is 448 g/mol. The molecule has 0 aromatic heterocycles. The molecular formula is C32H54O4. The van der Waals surface area contributed by atoms with E-state index < -0.39 is 0 Å². The molecule has 0 radical (unpaired) electrons. The number of carbonyl (C=O) groups excluding carboxylic acids is 2. The first kappa shape index (κ1) is 32.2. The van der Waals surface area contributed by atoms with E-state index in [0.717, 1.165) is 38.5 Å². The molecule has 0 aliphatic heterocycles. The zero-order valence-corrected chi connectivity index (χ0v) is 23.8. The molecule has 2 atom stereocenters. The molecule has 0 bridgehead atoms. The summed E-state index contributed by atoms with van der Waals surface area (Å²) in [4.78, 5) is 25.2. The average Bonchev–Trinajstić information content (AvgIpc) is 2.90. The predicted molar refractivity (Wildman–Crippen MR) is 151 cm³/mol. The molecule has 0 spiro atoms. The van der Waals surface area contributed by atoms with Crippen LogP contribution in [0.5, 0.6) is 0 Å². The summed E-state index contributed by atoms with van der Waals surface area (Å²) in [6.07, 6.45) is 19.0. The molecule has 0 saturated heterocycles. The van der Waals surface area contributed by atoms with Gasteiger partial charge < -0.3 is 9.47 Å². The van der Waals surface area contributed by atoms with Crippen molar-refractivity contribution in [3.8, 4) is 0 Å². The van der Waals surface area contributed by atoms with Crippen LogP contribution in [0.15, 0.2) is 24.3 Å². The van der Waals surface area contributed by atoms with Crippen molar-refractivity contribution in [3.05, 3.63) is 35.4 Å². The second kappa shape index (κ2) is 21.3. The van der Waals surface area contributed by atoms with Crippen LogP contribution in [0, 0.1) is 11.8 Å². The van der Waals surface area contributed by atoms with Gasteiger partial charge in [0.1, 0.15) is 0 Å². The van der Waals surface area contributed by atoms with Crippen LogP contribution in [-0.4, -0.2) is 25.2 Å². The molecule has 0 saturated carbocycles. The van der Waals surface area contributed by atoms with E-state index >= 15 is 0 Å². The minimum absolute atomic E-state index is 0.309. The highest BCUT2D eigenvalue weighted by atomic mass is 16.5. The lowest BCUT2D eigenvalue weighted by Gasteiger charge is -2.17. The molecule has 1 aromatic rings. The predicted octanol–water partition coefficient (Wildman–Crippen LogP) is 9.55. The van der Waals surface area contributed by atoms with Gasteiger partial charge in [0.05, 0.1) is 24.3 Å². The number of ether oxygens (including phenoxy) is 2. The Balaban J connectivity index is 2.53. The number of hydrogen-bond donors (Lipinski definition) is 0. The monoisotopic (exact) mass is 502 g/mol. The summed E-state index contributed by atoms with van der Waals surface area (Å²) in [6, 6.07) is 6.72. The van der Waals surface area contributed by atoms with E-state index in [9.17, 15) is 9.59 Å². The molecule has 2 unspecified atom stereocenters. The van der Waals surface area contributed by atoms with Gasteiger partial charge in [-0.2, -0.15) is 0 Å². The first-order chi connectivity index (χ1) is 17.5. The maximum Gasteiger partial charge on any atom is 0.338 e. The summed E-state index contributed by atoms with van der Waals surface area (Å²) in [5.74, 6) is 0.249. The lowest BCUT2D eigenvalue weighted by atomic mass is 9.96. The van der Waals surface area contributed by atoms with Crippen molar-refractivity contribution in [2.24, 2.45) is 11.8 Å². The van der Waals surface area contributed by atoms with Crippen LogP contribution in [0.1, 0.15) is 151 Å². The van der Waals surface area contributed by atoms with Crippen LogP contribution < -0.4 is 0 Å². The molecule has 4 heteroatoms. The van der Waals surface area contributed by atoms with Crippen molar-refractivity contribution in [2.45, 2.75) is 130 Å². The van der Waals surface area contributed by atoms with Crippen molar-refractivity contribution in [2.75, 3.05) is 13.2 Å². The van der Waals surface area contributed by atoms with Gasteiger partial charge in [-0.05, 0) is 61.8 Å². The lowest BCUT2D eigenvalue weighted by molar-refractivity contribution is 0.0409. The number of unbranched alkanes of at least 4 members (excludes halogenated alkanes) is 8. The highest BCUT2D eigenvalue weighted by Gasteiger charge is 2.16. The summed E-state index contributed by atoms with van der Waals surface area (Å²) in [6.45, 7) is 9.80. The van der Waals surface area contributed by atoms with Gasteiger partial charge in [0.15, 0.2) is 0 Å².